The Balaban J connectivity index is 2.69. The summed E-state index contributed by atoms with van der Waals surface area (Å²) in [5.74, 6) is 0.310. The molecular formula is C14H20ClNO3. The zero-order valence-electron chi connectivity index (χ0n) is 11.4. The number of carbonyl (C=O) groups excluding carboxylic acids is 1. The minimum atomic E-state index is -1.02. The Morgan fingerprint density at radius 2 is 2.00 bits per heavy atom. The van der Waals surface area contributed by atoms with Crippen LogP contribution in [0.15, 0.2) is 24.3 Å². The lowest BCUT2D eigenvalue weighted by molar-refractivity contribution is -0.135. The van der Waals surface area contributed by atoms with Gasteiger partial charge in [0, 0.05) is 5.02 Å². The molecule has 0 saturated heterocycles. The predicted octanol–water partition coefficient (Wildman–Crippen LogP) is 2.38. The third-order valence-electron chi connectivity index (χ3n) is 2.78. The van der Waals surface area contributed by atoms with E-state index in [-0.39, 0.29) is 18.6 Å². The van der Waals surface area contributed by atoms with Crippen molar-refractivity contribution < 1.29 is 14.6 Å². The van der Waals surface area contributed by atoms with Crippen LogP contribution in [0.5, 0.6) is 5.75 Å². The van der Waals surface area contributed by atoms with Gasteiger partial charge in [0.1, 0.15) is 5.75 Å². The molecule has 2 N–H and O–H groups in total. The third-order valence-corrected chi connectivity index (χ3v) is 3.03. The Morgan fingerprint density at radius 1 is 1.42 bits per heavy atom. The molecule has 0 aliphatic heterocycles. The highest BCUT2D eigenvalue weighted by molar-refractivity contribution is 6.30. The standard InChI is InChI=1S/C14H20ClNO3/c1-4-11(9-17)16-13(18)14(2,3)19-12-7-5-10(15)6-8-12/h5-8,11,17H,4,9H2,1-3H3,(H,16,18). The molecule has 1 unspecified atom stereocenters. The van der Waals surface area contributed by atoms with E-state index < -0.39 is 5.60 Å². The van der Waals surface area contributed by atoms with Crippen LogP contribution in [0.4, 0.5) is 0 Å². The molecule has 0 radical (unpaired) electrons. The number of aliphatic hydroxyl groups excluding tert-OH is 1. The van der Waals surface area contributed by atoms with Gasteiger partial charge in [-0.25, -0.2) is 0 Å². The molecule has 0 aliphatic rings. The third kappa shape index (κ3) is 4.73. The maximum atomic E-state index is 12.1. The normalized spacial score (nSPS) is 12.9. The summed E-state index contributed by atoms with van der Waals surface area (Å²) in [6.07, 6.45) is 0.666. The van der Waals surface area contributed by atoms with Gasteiger partial charge in [0.25, 0.3) is 5.91 Å². The maximum absolute atomic E-state index is 12.1. The molecule has 0 bridgehead atoms. The fourth-order valence-corrected chi connectivity index (χ4v) is 1.61. The molecular weight excluding hydrogens is 266 g/mol. The Labute approximate surface area is 118 Å². The van der Waals surface area contributed by atoms with Crippen molar-refractivity contribution >= 4 is 17.5 Å². The largest absolute Gasteiger partial charge is 0.478 e. The van der Waals surface area contributed by atoms with Gasteiger partial charge in [0.15, 0.2) is 5.60 Å². The first-order valence-electron chi connectivity index (χ1n) is 6.25. The zero-order valence-corrected chi connectivity index (χ0v) is 12.2. The van der Waals surface area contributed by atoms with Crippen LogP contribution in [0.1, 0.15) is 27.2 Å². The minimum absolute atomic E-state index is 0.0841. The number of hydrogen-bond acceptors (Lipinski definition) is 3. The van der Waals surface area contributed by atoms with E-state index in [0.717, 1.165) is 0 Å². The molecule has 5 heteroatoms. The topological polar surface area (TPSA) is 58.6 Å². The average Bonchev–Trinajstić information content (AvgIpc) is 2.38. The first-order valence-corrected chi connectivity index (χ1v) is 6.63. The summed E-state index contributed by atoms with van der Waals surface area (Å²) >= 11 is 5.79. The molecule has 0 heterocycles. The van der Waals surface area contributed by atoms with Crippen molar-refractivity contribution in [2.24, 2.45) is 0 Å². The van der Waals surface area contributed by atoms with Gasteiger partial charge in [-0.15, -0.1) is 0 Å². The first kappa shape index (κ1) is 15.8. The van der Waals surface area contributed by atoms with Crippen LogP contribution in [0.25, 0.3) is 0 Å². The smallest absolute Gasteiger partial charge is 0.263 e. The molecule has 1 rings (SSSR count). The van der Waals surface area contributed by atoms with E-state index >= 15 is 0 Å². The average molecular weight is 286 g/mol. The number of nitrogens with one attached hydrogen (secondary N) is 1. The summed E-state index contributed by atoms with van der Waals surface area (Å²) in [6.45, 7) is 5.18. The van der Waals surface area contributed by atoms with Crippen LogP contribution in [0.3, 0.4) is 0 Å². The lowest BCUT2D eigenvalue weighted by atomic mass is 10.1. The molecule has 4 nitrogen and oxygen atoms in total. The zero-order chi connectivity index (χ0) is 14.5. The van der Waals surface area contributed by atoms with Crippen LogP contribution in [0.2, 0.25) is 5.02 Å². The number of halogens is 1. The van der Waals surface area contributed by atoms with Crippen molar-refractivity contribution in [3.05, 3.63) is 29.3 Å². The summed E-state index contributed by atoms with van der Waals surface area (Å²) in [4.78, 5) is 12.1. The molecule has 0 aliphatic carbocycles. The van der Waals surface area contributed by atoms with Gasteiger partial charge in [-0.1, -0.05) is 18.5 Å². The van der Waals surface area contributed by atoms with E-state index in [0.29, 0.717) is 17.2 Å². The van der Waals surface area contributed by atoms with Gasteiger partial charge in [-0.05, 0) is 44.5 Å². The van der Waals surface area contributed by atoms with Gasteiger partial charge in [0.05, 0.1) is 12.6 Å². The van der Waals surface area contributed by atoms with Crippen molar-refractivity contribution in [1.82, 2.24) is 5.32 Å². The van der Waals surface area contributed by atoms with Crippen LogP contribution < -0.4 is 10.1 Å². The van der Waals surface area contributed by atoms with E-state index in [9.17, 15) is 4.79 Å². The molecule has 19 heavy (non-hydrogen) atoms. The number of aliphatic hydroxyl groups is 1. The summed E-state index contributed by atoms with van der Waals surface area (Å²) in [7, 11) is 0. The molecule has 0 saturated carbocycles. The molecule has 1 aromatic rings. The molecule has 0 fully saturated rings. The minimum Gasteiger partial charge on any atom is -0.478 e. The van der Waals surface area contributed by atoms with Crippen LogP contribution in [-0.2, 0) is 4.79 Å². The molecule has 0 spiro atoms. The van der Waals surface area contributed by atoms with E-state index in [1.54, 1.807) is 38.1 Å². The second-order valence-electron chi connectivity index (χ2n) is 4.83. The van der Waals surface area contributed by atoms with Gasteiger partial charge in [-0.2, -0.15) is 0 Å². The van der Waals surface area contributed by atoms with E-state index in [4.69, 9.17) is 21.4 Å². The van der Waals surface area contributed by atoms with Crippen LogP contribution in [-0.4, -0.2) is 29.3 Å². The number of rotatable bonds is 6. The summed E-state index contributed by atoms with van der Waals surface area (Å²) in [5, 5.41) is 12.5. The highest BCUT2D eigenvalue weighted by Gasteiger charge is 2.31. The number of ether oxygens (including phenoxy) is 1. The highest BCUT2D eigenvalue weighted by atomic mass is 35.5. The molecule has 1 aromatic carbocycles. The Kier molecular flexibility index (Phi) is 5.63. The van der Waals surface area contributed by atoms with Crippen molar-refractivity contribution in [3.8, 4) is 5.75 Å². The molecule has 0 aromatic heterocycles. The lowest BCUT2D eigenvalue weighted by Gasteiger charge is -2.27. The predicted molar refractivity (Wildman–Crippen MR) is 75.5 cm³/mol. The fourth-order valence-electron chi connectivity index (χ4n) is 1.48. The molecule has 1 atom stereocenters. The Morgan fingerprint density at radius 3 is 2.47 bits per heavy atom. The van der Waals surface area contributed by atoms with Gasteiger partial charge >= 0.3 is 0 Å². The first-order chi connectivity index (χ1) is 8.89. The van der Waals surface area contributed by atoms with Gasteiger partial charge in [0.2, 0.25) is 0 Å². The molecule has 1 amide bonds. The Bertz CT molecular complexity index is 413. The van der Waals surface area contributed by atoms with Crippen molar-refractivity contribution in [1.29, 1.82) is 0 Å². The second-order valence-corrected chi connectivity index (χ2v) is 5.26. The van der Waals surface area contributed by atoms with E-state index in [1.165, 1.54) is 0 Å². The summed E-state index contributed by atoms with van der Waals surface area (Å²) < 4.78 is 5.66. The number of benzene rings is 1. The summed E-state index contributed by atoms with van der Waals surface area (Å²) in [6, 6.07) is 6.57. The fraction of sp³-hybridized carbons (Fsp3) is 0.500. The van der Waals surface area contributed by atoms with Crippen molar-refractivity contribution in [2.45, 2.75) is 38.8 Å². The monoisotopic (exact) mass is 285 g/mol. The van der Waals surface area contributed by atoms with Gasteiger partial charge in [-0.3, -0.25) is 4.79 Å². The van der Waals surface area contributed by atoms with E-state index in [2.05, 4.69) is 5.32 Å². The van der Waals surface area contributed by atoms with E-state index in [1.807, 2.05) is 6.92 Å². The van der Waals surface area contributed by atoms with Crippen LogP contribution in [0, 0.1) is 0 Å². The second kappa shape index (κ2) is 6.78. The lowest BCUT2D eigenvalue weighted by Crippen LogP contribution is -2.50. The van der Waals surface area contributed by atoms with Crippen molar-refractivity contribution in [2.75, 3.05) is 6.61 Å². The number of amides is 1. The summed E-state index contributed by atoms with van der Waals surface area (Å²) in [5.41, 5.74) is -1.02. The van der Waals surface area contributed by atoms with Crippen molar-refractivity contribution in [3.63, 3.8) is 0 Å². The maximum Gasteiger partial charge on any atom is 0.263 e. The highest BCUT2D eigenvalue weighted by Crippen LogP contribution is 2.21. The number of carbonyl (C=O) groups is 1. The number of hydrogen-bond donors (Lipinski definition) is 2. The molecule has 106 valence electrons. The van der Waals surface area contributed by atoms with Crippen LogP contribution >= 0.6 is 11.6 Å². The van der Waals surface area contributed by atoms with Gasteiger partial charge < -0.3 is 15.2 Å². The quantitative estimate of drug-likeness (QED) is 0.844. The SMILES string of the molecule is CCC(CO)NC(=O)C(C)(C)Oc1ccc(Cl)cc1. The Hall–Kier alpha value is -1.26.